The van der Waals surface area contributed by atoms with Crippen LogP contribution in [0.5, 0.6) is 0 Å². The summed E-state index contributed by atoms with van der Waals surface area (Å²) in [6.45, 7) is 1.40. The summed E-state index contributed by atoms with van der Waals surface area (Å²) in [5.74, 6) is -1.27. The van der Waals surface area contributed by atoms with Crippen molar-refractivity contribution in [1.29, 1.82) is 0 Å². The van der Waals surface area contributed by atoms with E-state index in [9.17, 15) is 9.18 Å². The lowest BCUT2D eigenvalue weighted by atomic mass is 10.2. The zero-order valence-corrected chi connectivity index (χ0v) is 9.94. The number of amides is 1. The summed E-state index contributed by atoms with van der Waals surface area (Å²) < 4.78 is 13.1. The molecule has 1 atom stereocenters. The van der Waals surface area contributed by atoms with Gasteiger partial charge in [0.25, 0.3) is 5.91 Å². The van der Waals surface area contributed by atoms with Crippen LogP contribution in [0, 0.1) is 5.82 Å². The Labute approximate surface area is 102 Å². The van der Waals surface area contributed by atoms with Gasteiger partial charge < -0.3 is 10.4 Å². The van der Waals surface area contributed by atoms with Crippen molar-refractivity contribution in [1.82, 2.24) is 5.32 Å². The number of nitrogens with one attached hydrogen (secondary N) is 1. The molecule has 0 saturated heterocycles. The van der Waals surface area contributed by atoms with Gasteiger partial charge in [-0.15, -0.1) is 0 Å². The topological polar surface area (TPSA) is 49.3 Å². The van der Waals surface area contributed by atoms with Gasteiger partial charge in [0.15, 0.2) is 0 Å². The summed E-state index contributed by atoms with van der Waals surface area (Å²) in [6.07, 6.45) is 0. The van der Waals surface area contributed by atoms with Crippen molar-refractivity contribution in [2.45, 2.75) is 13.0 Å². The van der Waals surface area contributed by atoms with Crippen molar-refractivity contribution < 1.29 is 14.3 Å². The molecule has 1 aromatic carbocycles. The second-order valence-electron chi connectivity index (χ2n) is 3.30. The Morgan fingerprint density at radius 2 is 2.12 bits per heavy atom. The molecule has 0 aliphatic heterocycles. The smallest absolute Gasteiger partial charge is 0.253 e. The second-order valence-corrected chi connectivity index (χ2v) is 4.12. The standard InChI is InChI=1S/C10H10Cl2FNO2/c1-5(4-15)14-10(16)6-2-9(13)8(12)3-7(6)11/h2-3,5,15H,4H2,1H3,(H,14,16). The Morgan fingerprint density at radius 3 is 2.69 bits per heavy atom. The fourth-order valence-corrected chi connectivity index (χ4v) is 1.51. The molecular formula is C10H10Cl2FNO2. The highest BCUT2D eigenvalue weighted by Gasteiger charge is 2.15. The molecule has 0 heterocycles. The monoisotopic (exact) mass is 265 g/mol. The molecule has 0 fully saturated rings. The molecule has 0 radical (unpaired) electrons. The van der Waals surface area contributed by atoms with E-state index in [1.54, 1.807) is 6.92 Å². The van der Waals surface area contributed by atoms with E-state index >= 15 is 0 Å². The Bertz CT molecular complexity index is 412. The first-order valence-electron chi connectivity index (χ1n) is 4.52. The molecule has 1 rings (SSSR count). The Kier molecular flexibility index (Phi) is 4.53. The predicted molar refractivity (Wildman–Crippen MR) is 60.4 cm³/mol. The highest BCUT2D eigenvalue weighted by molar-refractivity contribution is 6.36. The van der Waals surface area contributed by atoms with Crippen LogP contribution >= 0.6 is 23.2 Å². The van der Waals surface area contributed by atoms with E-state index < -0.39 is 17.8 Å². The van der Waals surface area contributed by atoms with Gasteiger partial charge in [0.05, 0.1) is 22.2 Å². The number of aliphatic hydroxyl groups is 1. The van der Waals surface area contributed by atoms with Crippen LogP contribution in [0.25, 0.3) is 0 Å². The number of hydrogen-bond donors (Lipinski definition) is 2. The van der Waals surface area contributed by atoms with Gasteiger partial charge in [-0.2, -0.15) is 0 Å². The van der Waals surface area contributed by atoms with Crippen molar-refractivity contribution in [2.24, 2.45) is 0 Å². The van der Waals surface area contributed by atoms with Crippen molar-refractivity contribution in [3.05, 3.63) is 33.6 Å². The third-order valence-electron chi connectivity index (χ3n) is 1.91. The number of hydrogen-bond acceptors (Lipinski definition) is 2. The normalized spacial score (nSPS) is 12.3. The van der Waals surface area contributed by atoms with Crippen molar-refractivity contribution in [3.63, 3.8) is 0 Å². The highest BCUT2D eigenvalue weighted by Crippen LogP contribution is 2.24. The van der Waals surface area contributed by atoms with Gasteiger partial charge in [-0.05, 0) is 19.1 Å². The first-order chi connectivity index (χ1) is 7.45. The van der Waals surface area contributed by atoms with Crippen LogP contribution in [0.15, 0.2) is 12.1 Å². The predicted octanol–water partition coefficient (Wildman–Crippen LogP) is 2.24. The lowest BCUT2D eigenvalue weighted by Gasteiger charge is -2.11. The highest BCUT2D eigenvalue weighted by atomic mass is 35.5. The van der Waals surface area contributed by atoms with E-state index in [1.165, 1.54) is 0 Å². The first kappa shape index (κ1) is 13.2. The molecule has 0 spiro atoms. The summed E-state index contributed by atoms with van der Waals surface area (Å²) in [5.41, 5.74) is -0.0103. The van der Waals surface area contributed by atoms with Crippen LogP contribution in [0.3, 0.4) is 0 Å². The van der Waals surface area contributed by atoms with Gasteiger partial charge in [-0.25, -0.2) is 4.39 Å². The SMILES string of the molecule is CC(CO)NC(=O)c1cc(F)c(Cl)cc1Cl. The Balaban J connectivity index is 2.96. The molecule has 1 unspecified atom stereocenters. The zero-order valence-electron chi connectivity index (χ0n) is 8.43. The number of carbonyl (C=O) groups is 1. The van der Waals surface area contributed by atoms with Crippen LogP contribution in [0.4, 0.5) is 4.39 Å². The molecule has 0 bridgehead atoms. The minimum atomic E-state index is -0.715. The molecule has 0 aromatic heterocycles. The molecule has 1 aromatic rings. The van der Waals surface area contributed by atoms with Crippen molar-refractivity contribution in [2.75, 3.05) is 6.61 Å². The fourth-order valence-electron chi connectivity index (χ4n) is 1.04. The average Bonchev–Trinajstić information content (AvgIpc) is 2.23. The minimum Gasteiger partial charge on any atom is -0.394 e. The van der Waals surface area contributed by atoms with E-state index in [0.29, 0.717) is 0 Å². The maximum absolute atomic E-state index is 13.1. The maximum atomic E-state index is 13.1. The lowest BCUT2D eigenvalue weighted by molar-refractivity contribution is 0.0922. The van der Waals surface area contributed by atoms with E-state index in [4.69, 9.17) is 28.3 Å². The minimum absolute atomic E-state index is 0.0103. The third-order valence-corrected chi connectivity index (χ3v) is 2.51. The van der Waals surface area contributed by atoms with E-state index in [2.05, 4.69) is 5.32 Å². The molecular weight excluding hydrogens is 256 g/mol. The molecule has 0 saturated carbocycles. The number of benzene rings is 1. The van der Waals surface area contributed by atoms with Crippen molar-refractivity contribution in [3.8, 4) is 0 Å². The zero-order chi connectivity index (χ0) is 12.3. The van der Waals surface area contributed by atoms with Gasteiger partial charge in [0.1, 0.15) is 5.82 Å². The van der Waals surface area contributed by atoms with Gasteiger partial charge in [0, 0.05) is 6.04 Å². The van der Waals surface area contributed by atoms with Crippen molar-refractivity contribution >= 4 is 29.1 Å². The largest absolute Gasteiger partial charge is 0.394 e. The molecule has 1 amide bonds. The quantitative estimate of drug-likeness (QED) is 0.824. The number of halogens is 3. The molecule has 88 valence electrons. The van der Waals surface area contributed by atoms with E-state index in [0.717, 1.165) is 12.1 Å². The Morgan fingerprint density at radius 1 is 1.50 bits per heavy atom. The molecule has 6 heteroatoms. The van der Waals surface area contributed by atoms with Gasteiger partial charge in [-0.1, -0.05) is 23.2 Å². The summed E-state index contributed by atoms with van der Waals surface area (Å²) in [7, 11) is 0. The molecule has 2 N–H and O–H groups in total. The summed E-state index contributed by atoms with van der Waals surface area (Å²) in [5, 5.41) is 11.1. The average molecular weight is 266 g/mol. The third kappa shape index (κ3) is 3.07. The van der Waals surface area contributed by atoms with E-state index in [1.807, 2.05) is 0 Å². The van der Waals surface area contributed by atoms with Crippen LogP contribution in [-0.4, -0.2) is 23.7 Å². The lowest BCUT2D eigenvalue weighted by Crippen LogP contribution is -2.35. The molecule has 16 heavy (non-hydrogen) atoms. The number of aliphatic hydroxyl groups excluding tert-OH is 1. The molecule has 0 aliphatic carbocycles. The van der Waals surface area contributed by atoms with Crippen LogP contribution < -0.4 is 5.32 Å². The molecule has 3 nitrogen and oxygen atoms in total. The first-order valence-corrected chi connectivity index (χ1v) is 5.27. The van der Waals surface area contributed by atoms with Gasteiger partial charge in [-0.3, -0.25) is 4.79 Å². The van der Waals surface area contributed by atoms with E-state index in [-0.39, 0.29) is 22.2 Å². The van der Waals surface area contributed by atoms with Crippen LogP contribution in [-0.2, 0) is 0 Å². The summed E-state index contributed by atoms with van der Waals surface area (Å²) in [6, 6.07) is 1.70. The maximum Gasteiger partial charge on any atom is 0.253 e. The number of carbonyl (C=O) groups excluding carboxylic acids is 1. The van der Waals surface area contributed by atoms with Gasteiger partial charge in [0.2, 0.25) is 0 Å². The van der Waals surface area contributed by atoms with Crippen LogP contribution in [0.1, 0.15) is 17.3 Å². The van der Waals surface area contributed by atoms with Gasteiger partial charge >= 0.3 is 0 Å². The Hall–Kier alpha value is -0.840. The second kappa shape index (κ2) is 5.48. The summed E-state index contributed by atoms with van der Waals surface area (Å²) in [4.78, 5) is 11.6. The van der Waals surface area contributed by atoms with Crippen LogP contribution in [0.2, 0.25) is 10.0 Å². The fraction of sp³-hybridized carbons (Fsp3) is 0.300. The number of rotatable bonds is 3. The summed E-state index contributed by atoms with van der Waals surface area (Å²) >= 11 is 11.2. The molecule has 0 aliphatic rings.